The average Bonchev–Trinajstić information content (AvgIpc) is 2.23. The number of carbonyl (C=O) groups is 1. The molecular weight excluding hydrogens is 329 g/mol. The van der Waals surface area contributed by atoms with Crippen LogP contribution in [0.15, 0.2) is 17.0 Å². The highest BCUT2D eigenvalue weighted by atomic mass is 35.5. The summed E-state index contributed by atoms with van der Waals surface area (Å²) in [6.45, 7) is 1.36. The molecule has 0 N–H and O–H groups in total. The lowest BCUT2D eigenvalue weighted by atomic mass is 10.00. The van der Waals surface area contributed by atoms with E-state index in [1.165, 1.54) is 6.92 Å². The van der Waals surface area contributed by atoms with Crippen molar-refractivity contribution in [2.75, 3.05) is 0 Å². The molecule has 0 radical (unpaired) electrons. The second-order valence-corrected chi connectivity index (χ2v) is 7.57. The Morgan fingerprint density at radius 3 is 2.24 bits per heavy atom. The normalized spacial score (nSPS) is 16.6. The molecule has 0 saturated heterocycles. The first-order valence-electron chi connectivity index (χ1n) is 6.20. The monoisotopic (exact) mass is 340 g/mol. The SMILES string of the molecule is Cc1cc(S(=O)(=O)C2CCC2)c(C(F)(F)F)cc1C(=O)Cl. The first-order chi connectivity index (χ1) is 9.55. The summed E-state index contributed by atoms with van der Waals surface area (Å²) < 4.78 is 64.0. The Labute approximate surface area is 125 Å². The number of aryl methyl sites for hydroxylation is 1. The third-order valence-corrected chi connectivity index (χ3v) is 6.14. The molecule has 1 aromatic carbocycles. The van der Waals surface area contributed by atoms with Crippen molar-refractivity contribution >= 4 is 26.7 Å². The van der Waals surface area contributed by atoms with E-state index in [1.807, 2.05) is 0 Å². The number of alkyl halides is 3. The zero-order chi connectivity index (χ0) is 16.0. The van der Waals surface area contributed by atoms with E-state index < -0.39 is 37.0 Å². The van der Waals surface area contributed by atoms with Crippen LogP contribution in [0.25, 0.3) is 0 Å². The lowest BCUT2D eigenvalue weighted by molar-refractivity contribution is -0.139. The van der Waals surface area contributed by atoms with Gasteiger partial charge in [-0.1, -0.05) is 6.42 Å². The van der Waals surface area contributed by atoms with Gasteiger partial charge in [-0.25, -0.2) is 8.42 Å². The molecule has 3 nitrogen and oxygen atoms in total. The summed E-state index contributed by atoms with van der Waals surface area (Å²) in [6.07, 6.45) is -3.48. The van der Waals surface area contributed by atoms with Crippen LogP contribution in [0, 0.1) is 6.92 Å². The number of rotatable bonds is 3. The summed E-state index contributed by atoms with van der Waals surface area (Å²) in [5.74, 6) is 0. The van der Waals surface area contributed by atoms with Gasteiger partial charge in [0.2, 0.25) is 0 Å². The molecule has 0 amide bonds. The Kier molecular flexibility index (Phi) is 4.10. The maximum atomic E-state index is 13.1. The van der Waals surface area contributed by atoms with Crippen LogP contribution >= 0.6 is 11.6 Å². The van der Waals surface area contributed by atoms with E-state index in [9.17, 15) is 26.4 Å². The molecule has 1 fully saturated rings. The van der Waals surface area contributed by atoms with Crippen molar-refractivity contribution in [1.82, 2.24) is 0 Å². The molecule has 116 valence electrons. The van der Waals surface area contributed by atoms with Crippen LogP contribution in [0.3, 0.4) is 0 Å². The zero-order valence-electron chi connectivity index (χ0n) is 11.0. The second kappa shape index (κ2) is 5.28. The van der Waals surface area contributed by atoms with Gasteiger partial charge in [-0.2, -0.15) is 13.2 Å². The first-order valence-corrected chi connectivity index (χ1v) is 8.13. The van der Waals surface area contributed by atoms with Crippen molar-refractivity contribution < 1.29 is 26.4 Å². The predicted molar refractivity (Wildman–Crippen MR) is 71.2 cm³/mol. The van der Waals surface area contributed by atoms with E-state index >= 15 is 0 Å². The van der Waals surface area contributed by atoms with Crippen LogP contribution in [0.5, 0.6) is 0 Å². The topological polar surface area (TPSA) is 51.2 Å². The third-order valence-electron chi connectivity index (χ3n) is 3.64. The van der Waals surface area contributed by atoms with Crippen molar-refractivity contribution in [2.24, 2.45) is 0 Å². The summed E-state index contributed by atoms with van der Waals surface area (Å²) in [4.78, 5) is 10.4. The second-order valence-electron chi connectivity index (χ2n) is 5.03. The molecule has 0 aliphatic heterocycles. The molecule has 0 bridgehead atoms. The van der Waals surface area contributed by atoms with Crippen molar-refractivity contribution in [1.29, 1.82) is 0 Å². The fourth-order valence-electron chi connectivity index (χ4n) is 2.21. The van der Waals surface area contributed by atoms with E-state index in [0.717, 1.165) is 6.07 Å². The van der Waals surface area contributed by atoms with Gasteiger partial charge in [0, 0.05) is 5.56 Å². The quantitative estimate of drug-likeness (QED) is 0.788. The highest BCUT2D eigenvalue weighted by molar-refractivity contribution is 7.92. The maximum Gasteiger partial charge on any atom is 0.417 e. The lowest BCUT2D eigenvalue weighted by Crippen LogP contribution is -2.30. The van der Waals surface area contributed by atoms with Gasteiger partial charge in [-0.3, -0.25) is 4.79 Å². The van der Waals surface area contributed by atoms with Crippen molar-refractivity contribution in [3.8, 4) is 0 Å². The van der Waals surface area contributed by atoms with E-state index in [4.69, 9.17) is 11.6 Å². The molecule has 1 saturated carbocycles. The largest absolute Gasteiger partial charge is 0.417 e. The predicted octanol–water partition coefficient (Wildman–Crippen LogP) is 3.72. The fourth-order valence-corrected chi connectivity index (χ4v) is 4.55. The van der Waals surface area contributed by atoms with Gasteiger partial charge < -0.3 is 0 Å². The molecule has 0 heterocycles. The van der Waals surface area contributed by atoms with Gasteiger partial charge in [-0.05, 0) is 49.1 Å². The number of hydrogen-bond donors (Lipinski definition) is 0. The van der Waals surface area contributed by atoms with Gasteiger partial charge in [-0.15, -0.1) is 0 Å². The van der Waals surface area contributed by atoms with E-state index in [1.54, 1.807) is 0 Å². The Balaban J connectivity index is 2.70. The molecule has 21 heavy (non-hydrogen) atoms. The lowest BCUT2D eigenvalue weighted by Gasteiger charge is -2.27. The van der Waals surface area contributed by atoms with Gasteiger partial charge >= 0.3 is 6.18 Å². The number of hydrogen-bond acceptors (Lipinski definition) is 3. The third kappa shape index (κ3) is 2.94. The summed E-state index contributed by atoms with van der Waals surface area (Å²) in [6, 6.07) is 1.42. The summed E-state index contributed by atoms with van der Waals surface area (Å²) in [5.41, 5.74) is -1.55. The van der Waals surface area contributed by atoms with Gasteiger partial charge in [0.05, 0.1) is 15.7 Å². The van der Waals surface area contributed by atoms with Crippen LogP contribution in [-0.2, 0) is 16.0 Å². The Morgan fingerprint density at radius 2 is 1.86 bits per heavy atom. The number of halogens is 4. The molecular formula is C13H12ClF3O3S. The minimum absolute atomic E-state index is 0.112. The van der Waals surface area contributed by atoms with Crippen LogP contribution in [0.4, 0.5) is 13.2 Å². The molecule has 0 atom stereocenters. The van der Waals surface area contributed by atoms with Gasteiger partial charge in [0.1, 0.15) is 0 Å². The summed E-state index contributed by atoms with van der Waals surface area (Å²) in [7, 11) is -4.06. The van der Waals surface area contributed by atoms with Gasteiger partial charge in [0.15, 0.2) is 9.84 Å². The van der Waals surface area contributed by atoms with Crippen molar-refractivity contribution in [2.45, 2.75) is 42.5 Å². The van der Waals surface area contributed by atoms with Crippen LogP contribution in [0.1, 0.15) is 40.7 Å². The maximum absolute atomic E-state index is 13.1. The highest BCUT2D eigenvalue weighted by Crippen LogP contribution is 2.40. The molecule has 1 aliphatic rings. The minimum atomic E-state index is -4.87. The first kappa shape index (κ1) is 16.3. The number of benzene rings is 1. The molecule has 2 rings (SSSR count). The molecule has 0 spiro atoms. The number of carbonyl (C=O) groups excluding carboxylic acids is 1. The Hall–Kier alpha value is -1.08. The van der Waals surface area contributed by atoms with E-state index in [2.05, 4.69) is 0 Å². The molecule has 8 heteroatoms. The molecule has 0 unspecified atom stereocenters. The smallest absolute Gasteiger partial charge is 0.276 e. The molecule has 1 aliphatic carbocycles. The standard InChI is InChI=1S/C13H12ClF3O3S/c1-7-5-11(21(19,20)8-3-2-4-8)10(13(15,16)17)6-9(7)12(14)18/h5-6,8H,2-4H2,1H3. The van der Waals surface area contributed by atoms with Crippen molar-refractivity contribution in [3.63, 3.8) is 0 Å². The summed E-state index contributed by atoms with van der Waals surface area (Å²) >= 11 is 5.24. The highest BCUT2D eigenvalue weighted by Gasteiger charge is 2.42. The Morgan fingerprint density at radius 1 is 1.29 bits per heavy atom. The van der Waals surface area contributed by atoms with Crippen LogP contribution in [-0.4, -0.2) is 18.9 Å². The summed E-state index contributed by atoms with van der Waals surface area (Å²) in [5, 5.41) is -1.83. The fraction of sp³-hybridized carbons (Fsp3) is 0.462. The van der Waals surface area contributed by atoms with Crippen LogP contribution in [0.2, 0.25) is 0 Å². The minimum Gasteiger partial charge on any atom is -0.276 e. The van der Waals surface area contributed by atoms with Crippen LogP contribution < -0.4 is 0 Å². The van der Waals surface area contributed by atoms with E-state index in [0.29, 0.717) is 25.3 Å². The van der Waals surface area contributed by atoms with E-state index in [-0.39, 0.29) is 11.1 Å². The molecule has 0 aromatic heterocycles. The van der Waals surface area contributed by atoms with Crippen molar-refractivity contribution in [3.05, 3.63) is 28.8 Å². The zero-order valence-corrected chi connectivity index (χ0v) is 12.6. The van der Waals surface area contributed by atoms with Gasteiger partial charge in [0.25, 0.3) is 5.24 Å². The average molecular weight is 341 g/mol. The Bertz CT molecular complexity index is 691. The molecule has 1 aromatic rings. The number of sulfone groups is 1.